The topological polar surface area (TPSA) is 30.0 Å². The number of hydrogen-bond donors (Lipinski definition) is 0. The minimum atomic E-state index is -3.05. The number of halogens is 3. The summed E-state index contributed by atoms with van der Waals surface area (Å²) < 4.78 is 24.3. The largest absolute Gasteiger partial charge is 0.300 e. The maximum absolute atomic E-state index is 12.1. The molecule has 0 aromatic carbocycles. The molecule has 0 amide bonds. The van der Waals surface area contributed by atoms with E-state index in [1.165, 1.54) is 0 Å². The summed E-state index contributed by atoms with van der Waals surface area (Å²) in [4.78, 5) is 14.8. The van der Waals surface area contributed by atoms with Crippen LogP contribution in [-0.4, -0.2) is 17.2 Å². The molecule has 0 unspecified atom stereocenters. The molecule has 0 N–H and O–H groups in total. The predicted molar refractivity (Wildman–Crippen MR) is 49.1 cm³/mol. The third kappa shape index (κ3) is 2.07. The van der Waals surface area contributed by atoms with Crippen LogP contribution in [0.15, 0.2) is 6.07 Å². The van der Waals surface area contributed by atoms with Crippen LogP contribution in [0.1, 0.15) is 21.6 Å². The van der Waals surface area contributed by atoms with E-state index in [9.17, 15) is 13.6 Å². The minimum Gasteiger partial charge on any atom is -0.288 e. The van der Waals surface area contributed by atoms with Crippen molar-refractivity contribution in [2.45, 2.75) is 20.3 Å². The van der Waals surface area contributed by atoms with Crippen LogP contribution in [0.2, 0.25) is 5.15 Å². The van der Waals surface area contributed by atoms with Crippen LogP contribution in [0, 0.1) is 13.8 Å². The van der Waals surface area contributed by atoms with E-state index >= 15 is 0 Å². The molecule has 1 aromatic rings. The highest BCUT2D eigenvalue weighted by atomic mass is 35.5. The third-order valence-corrected chi connectivity index (χ3v) is 2.02. The summed E-state index contributed by atoms with van der Waals surface area (Å²) in [5.41, 5.74) is 0.832. The molecule has 14 heavy (non-hydrogen) atoms. The number of hydrogen-bond acceptors (Lipinski definition) is 2. The van der Waals surface area contributed by atoms with Gasteiger partial charge in [-0.15, -0.1) is 0 Å². The van der Waals surface area contributed by atoms with Crippen molar-refractivity contribution in [1.82, 2.24) is 4.98 Å². The fourth-order valence-corrected chi connectivity index (χ4v) is 1.57. The van der Waals surface area contributed by atoms with Gasteiger partial charge < -0.3 is 0 Å². The van der Waals surface area contributed by atoms with E-state index in [-0.39, 0.29) is 10.7 Å². The first-order valence-electron chi connectivity index (χ1n) is 3.89. The Bertz CT molecular complexity index is 356. The molecule has 0 bridgehead atoms. The molecule has 0 atom stereocenters. The Hall–Kier alpha value is -1.03. The molecule has 0 saturated carbocycles. The molecule has 0 fully saturated rings. The Morgan fingerprint density at radius 2 is 2.07 bits per heavy atom. The van der Waals surface area contributed by atoms with Crippen molar-refractivity contribution < 1.29 is 13.6 Å². The summed E-state index contributed by atoms with van der Waals surface area (Å²) in [5, 5.41) is -0.159. The van der Waals surface area contributed by atoms with Crippen molar-refractivity contribution in [2.24, 2.45) is 0 Å². The first-order chi connectivity index (χ1) is 6.43. The van der Waals surface area contributed by atoms with Crippen molar-refractivity contribution in [3.63, 3.8) is 0 Å². The van der Waals surface area contributed by atoms with Crippen LogP contribution in [0.3, 0.4) is 0 Å². The second kappa shape index (κ2) is 4.00. The minimum absolute atomic E-state index is 0.159. The average Bonchev–Trinajstić information content (AvgIpc) is 2.01. The predicted octanol–water partition coefficient (Wildman–Crippen LogP) is 2.80. The molecule has 0 radical (unpaired) electrons. The molecule has 76 valence electrons. The van der Waals surface area contributed by atoms with Gasteiger partial charge in [-0.1, -0.05) is 11.6 Å². The van der Waals surface area contributed by atoms with Gasteiger partial charge >= 0.3 is 6.43 Å². The van der Waals surface area contributed by atoms with Crippen LogP contribution >= 0.6 is 11.6 Å². The van der Waals surface area contributed by atoms with Gasteiger partial charge in [-0.3, -0.25) is 4.79 Å². The third-order valence-electron chi connectivity index (χ3n) is 1.75. The van der Waals surface area contributed by atoms with Gasteiger partial charge in [0.2, 0.25) is 5.78 Å². The molecule has 0 saturated heterocycles. The van der Waals surface area contributed by atoms with Crippen molar-refractivity contribution in [3.05, 3.63) is 28.0 Å². The van der Waals surface area contributed by atoms with E-state index in [2.05, 4.69) is 4.98 Å². The second-order valence-corrected chi connectivity index (χ2v) is 3.27. The number of Topliss-reactive ketones (excluding diaryl/α,β-unsaturated/α-hetero) is 1. The molecule has 1 rings (SSSR count). The molecule has 2 nitrogen and oxygen atoms in total. The maximum atomic E-state index is 12.1. The molecule has 1 aromatic heterocycles. The van der Waals surface area contributed by atoms with Crippen molar-refractivity contribution >= 4 is 17.4 Å². The van der Waals surface area contributed by atoms with E-state index < -0.39 is 12.2 Å². The molecule has 1 heterocycles. The summed E-state index contributed by atoms with van der Waals surface area (Å²) in [6.07, 6.45) is -3.05. The summed E-state index contributed by atoms with van der Waals surface area (Å²) in [6, 6.07) is 1.54. The fourth-order valence-electron chi connectivity index (χ4n) is 1.20. The number of nitrogens with zero attached hydrogens (tertiary/aromatic N) is 1. The second-order valence-electron chi connectivity index (χ2n) is 2.91. The number of alkyl halides is 2. The average molecular weight is 220 g/mol. The first-order valence-corrected chi connectivity index (χ1v) is 4.27. The summed E-state index contributed by atoms with van der Waals surface area (Å²) in [7, 11) is 0. The van der Waals surface area contributed by atoms with Gasteiger partial charge in [-0.25, -0.2) is 13.8 Å². The Morgan fingerprint density at radius 1 is 1.50 bits per heavy atom. The van der Waals surface area contributed by atoms with Crippen LogP contribution in [0.5, 0.6) is 0 Å². The van der Waals surface area contributed by atoms with Crippen molar-refractivity contribution in [2.75, 3.05) is 0 Å². The number of aryl methyl sites for hydroxylation is 2. The van der Waals surface area contributed by atoms with E-state index in [1.54, 1.807) is 19.9 Å². The lowest BCUT2D eigenvalue weighted by atomic mass is 10.1. The molecule has 0 aliphatic heterocycles. The number of ketones is 1. The lowest BCUT2D eigenvalue weighted by molar-refractivity contribution is 0.0677. The zero-order valence-electron chi connectivity index (χ0n) is 7.64. The Labute approximate surface area is 84.9 Å². The number of carbonyl (C=O) groups is 1. The van der Waals surface area contributed by atoms with Crippen LogP contribution < -0.4 is 0 Å². The van der Waals surface area contributed by atoms with E-state index in [1.807, 2.05) is 0 Å². The molecule has 5 heteroatoms. The van der Waals surface area contributed by atoms with Gasteiger partial charge in [0.25, 0.3) is 0 Å². The normalized spacial score (nSPS) is 10.7. The van der Waals surface area contributed by atoms with Gasteiger partial charge in [0, 0.05) is 5.69 Å². The van der Waals surface area contributed by atoms with Crippen molar-refractivity contribution in [3.8, 4) is 0 Å². The quantitative estimate of drug-likeness (QED) is 0.566. The van der Waals surface area contributed by atoms with E-state index in [0.29, 0.717) is 11.3 Å². The Balaban J connectivity index is 3.28. The van der Waals surface area contributed by atoms with Gasteiger partial charge in [0.05, 0.1) is 5.56 Å². The van der Waals surface area contributed by atoms with Gasteiger partial charge in [0.1, 0.15) is 5.15 Å². The lowest BCUT2D eigenvalue weighted by Gasteiger charge is -2.06. The number of carbonyl (C=O) groups excluding carboxylic acids is 1. The van der Waals surface area contributed by atoms with E-state index in [0.717, 1.165) is 0 Å². The zero-order valence-corrected chi connectivity index (χ0v) is 8.40. The highest BCUT2D eigenvalue weighted by molar-refractivity contribution is 6.33. The standard InChI is InChI=1S/C9H8ClF2NO/c1-4-3-5(2)13-8(10)6(4)7(14)9(11)12/h3,9H,1-2H3. The van der Waals surface area contributed by atoms with Crippen LogP contribution in [0.4, 0.5) is 8.78 Å². The summed E-state index contributed by atoms with van der Waals surface area (Å²) >= 11 is 5.61. The van der Waals surface area contributed by atoms with Gasteiger partial charge in [0.15, 0.2) is 0 Å². The molecule has 0 aliphatic carbocycles. The Morgan fingerprint density at radius 3 is 2.50 bits per heavy atom. The number of pyridine rings is 1. The lowest BCUT2D eigenvalue weighted by Crippen LogP contribution is -2.13. The zero-order chi connectivity index (χ0) is 10.9. The molecular weight excluding hydrogens is 212 g/mol. The molecule has 0 aliphatic rings. The van der Waals surface area contributed by atoms with Crippen LogP contribution in [0.25, 0.3) is 0 Å². The SMILES string of the molecule is Cc1cc(C)c(C(=O)C(F)F)c(Cl)n1. The summed E-state index contributed by atoms with van der Waals surface area (Å²) in [6.45, 7) is 3.23. The smallest absolute Gasteiger partial charge is 0.288 e. The number of rotatable bonds is 2. The highest BCUT2D eigenvalue weighted by Gasteiger charge is 2.23. The Kier molecular flexibility index (Phi) is 3.16. The van der Waals surface area contributed by atoms with Crippen molar-refractivity contribution in [1.29, 1.82) is 0 Å². The number of aromatic nitrogens is 1. The van der Waals surface area contributed by atoms with Gasteiger partial charge in [-0.05, 0) is 25.5 Å². The highest BCUT2D eigenvalue weighted by Crippen LogP contribution is 2.21. The monoisotopic (exact) mass is 219 g/mol. The fraction of sp³-hybridized carbons (Fsp3) is 0.333. The van der Waals surface area contributed by atoms with E-state index in [4.69, 9.17) is 11.6 Å². The van der Waals surface area contributed by atoms with Crippen LogP contribution in [-0.2, 0) is 0 Å². The molecular formula is C9H8ClF2NO. The first kappa shape index (κ1) is 11.0. The van der Waals surface area contributed by atoms with Gasteiger partial charge in [-0.2, -0.15) is 0 Å². The molecule has 0 spiro atoms. The summed E-state index contributed by atoms with van der Waals surface area (Å²) in [5.74, 6) is -1.28. The maximum Gasteiger partial charge on any atom is 0.300 e.